The van der Waals surface area contributed by atoms with Crippen molar-refractivity contribution in [1.82, 2.24) is 19.4 Å². The Morgan fingerprint density at radius 2 is 1.77 bits per heavy atom. The summed E-state index contributed by atoms with van der Waals surface area (Å²) in [5.41, 5.74) is 2.35. The molecule has 8 nitrogen and oxygen atoms in total. The smallest absolute Gasteiger partial charge is 0.261 e. The highest BCUT2D eigenvalue weighted by atomic mass is 35.5. The van der Waals surface area contributed by atoms with Gasteiger partial charge in [-0.15, -0.1) is 0 Å². The van der Waals surface area contributed by atoms with Crippen LogP contribution in [0.25, 0.3) is 10.9 Å². The Morgan fingerprint density at radius 3 is 2.49 bits per heavy atom. The Kier molecular flexibility index (Phi) is 6.47. The van der Waals surface area contributed by atoms with Crippen molar-refractivity contribution in [2.45, 2.75) is 32.4 Å². The quantitative estimate of drug-likeness (QED) is 0.558. The van der Waals surface area contributed by atoms with Crippen molar-refractivity contribution >= 4 is 40.0 Å². The average molecular weight is 494 g/mol. The van der Waals surface area contributed by atoms with Gasteiger partial charge in [-0.2, -0.15) is 0 Å². The Morgan fingerprint density at radius 1 is 1.03 bits per heavy atom. The number of halogens is 1. The Balaban J connectivity index is 1.35. The summed E-state index contributed by atoms with van der Waals surface area (Å²) < 4.78 is 1.40. The molecule has 2 amide bonds. The number of nitrogens with zero attached hydrogens (tertiary/aromatic N) is 5. The van der Waals surface area contributed by atoms with Crippen molar-refractivity contribution < 1.29 is 9.59 Å². The molecule has 1 unspecified atom stereocenters. The minimum Gasteiger partial charge on any atom is -0.368 e. The number of rotatable bonds is 4. The summed E-state index contributed by atoms with van der Waals surface area (Å²) in [6, 6.07) is 13.2. The van der Waals surface area contributed by atoms with E-state index in [1.54, 1.807) is 6.92 Å². The lowest BCUT2D eigenvalue weighted by Crippen LogP contribution is -2.48. The number of aromatic nitrogens is 2. The number of benzene rings is 2. The van der Waals surface area contributed by atoms with Crippen LogP contribution in [-0.4, -0.2) is 63.9 Å². The van der Waals surface area contributed by atoms with Gasteiger partial charge >= 0.3 is 0 Å². The van der Waals surface area contributed by atoms with Crippen LogP contribution in [0.2, 0.25) is 5.02 Å². The summed E-state index contributed by atoms with van der Waals surface area (Å²) in [6.07, 6.45) is 3.27. The minimum absolute atomic E-state index is 0.0100. The predicted molar refractivity (Wildman–Crippen MR) is 136 cm³/mol. The number of carbonyl (C=O) groups is 2. The van der Waals surface area contributed by atoms with Gasteiger partial charge in [0, 0.05) is 50.4 Å². The van der Waals surface area contributed by atoms with E-state index in [9.17, 15) is 14.4 Å². The molecule has 0 N–H and O–H groups in total. The van der Waals surface area contributed by atoms with E-state index in [0.717, 1.165) is 24.1 Å². The first-order valence-electron chi connectivity index (χ1n) is 12.0. The van der Waals surface area contributed by atoms with Gasteiger partial charge in [-0.05, 0) is 48.7 Å². The molecular formula is C26H28ClN5O3. The number of likely N-dealkylation sites (tertiary alicyclic amines) is 1. The first-order valence-corrected chi connectivity index (χ1v) is 12.3. The highest BCUT2D eigenvalue weighted by Gasteiger charge is 2.30. The van der Waals surface area contributed by atoms with Crippen LogP contribution >= 0.6 is 11.6 Å². The fraction of sp³-hybridized carbons (Fsp3) is 0.385. The minimum atomic E-state index is -0.227. The summed E-state index contributed by atoms with van der Waals surface area (Å²) in [5, 5.41) is 1.15. The summed E-state index contributed by atoms with van der Waals surface area (Å²) in [7, 11) is 0. The zero-order valence-corrected chi connectivity index (χ0v) is 20.4. The first-order chi connectivity index (χ1) is 16.9. The number of carbonyl (C=O) groups excluding carboxylic acids is 2. The largest absolute Gasteiger partial charge is 0.368 e. The van der Waals surface area contributed by atoms with E-state index in [2.05, 4.69) is 9.88 Å². The van der Waals surface area contributed by atoms with Crippen molar-refractivity contribution in [1.29, 1.82) is 0 Å². The molecule has 1 aromatic heterocycles. The van der Waals surface area contributed by atoms with Crippen LogP contribution in [0.3, 0.4) is 0 Å². The van der Waals surface area contributed by atoms with Crippen LogP contribution in [0.15, 0.2) is 53.6 Å². The van der Waals surface area contributed by atoms with Gasteiger partial charge in [-0.25, -0.2) is 4.98 Å². The normalized spacial score (nSPS) is 18.3. The third kappa shape index (κ3) is 4.75. The molecule has 182 valence electrons. The maximum absolute atomic E-state index is 13.3. The van der Waals surface area contributed by atoms with Gasteiger partial charge in [0.25, 0.3) is 5.56 Å². The van der Waals surface area contributed by atoms with Crippen molar-refractivity contribution in [3.63, 3.8) is 0 Å². The summed E-state index contributed by atoms with van der Waals surface area (Å²) >= 11 is 6.03. The average Bonchev–Trinajstić information content (AvgIpc) is 3.36. The predicted octanol–water partition coefficient (Wildman–Crippen LogP) is 3.08. The fourth-order valence-corrected chi connectivity index (χ4v) is 5.20. The van der Waals surface area contributed by atoms with Gasteiger partial charge in [0.1, 0.15) is 6.54 Å². The zero-order chi connectivity index (χ0) is 24.5. The van der Waals surface area contributed by atoms with Gasteiger partial charge in [0.05, 0.1) is 23.3 Å². The molecule has 0 radical (unpaired) electrons. The monoisotopic (exact) mass is 493 g/mol. The van der Waals surface area contributed by atoms with Gasteiger partial charge in [-0.3, -0.25) is 19.0 Å². The van der Waals surface area contributed by atoms with Crippen LogP contribution in [-0.2, 0) is 16.1 Å². The molecule has 3 aromatic rings. The Labute approximate surface area is 208 Å². The van der Waals surface area contributed by atoms with Gasteiger partial charge < -0.3 is 14.7 Å². The van der Waals surface area contributed by atoms with Crippen LogP contribution in [0.4, 0.5) is 5.69 Å². The Bertz CT molecular complexity index is 1310. The number of fused-ring (bicyclic) bond motifs is 1. The molecule has 0 saturated carbocycles. The second-order valence-electron chi connectivity index (χ2n) is 9.17. The number of hydrogen-bond donors (Lipinski definition) is 0. The maximum Gasteiger partial charge on any atom is 0.261 e. The van der Waals surface area contributed by atoms with Crippen LogP contribution < -0.4 is 10.5 Å². The topological polar surface area (TPSA) is 78.8 Å². The summed E-state index contributed by atoms with van der Waals surface area (Å²) in [6.45, 7) is 4.93. The van der Waals surface area contributed by atoms with Crippen LogP contribution in [0, 0.1) is 0 Å². The number of hydrogen-bond acceptors (Lipinski definition) is 5. The van der Waals surface area contributed by atoms with Crippen LogP contribution in [0.5, 0.6) is 0 Å². The molecule has 3 heterocycles. The highest BCUT2D eigenvalue weighted by molar-refractivity contribution is 6.30. The van der Waals surface area contributed by atoms with E-state index in [0.29, 0.717) is 48.6 Å². The molecule has 9 heteroatoms. The molecule has 2 aromatic carbocycles. The molecule has 2 aliphatic rings. The molecule has 2 saturated heterocycles. The van der Waals surface area contributed by atoms with Crippen molar-refractivity contribution in [3.8, 4) is 0 Å². The van der Waals surface area contributed by atoms with E-state index < -0.39 is 0 Å². The molecule has 1 atom stereocenters. The molecule has 0 aliphatic carbocycles. The van der Waals surface area contributed by atoms with Crippen LogP contribution in [0.1, 0.15) is 31.4 Å². The molecular weight excluding hydrogens is 466 g/mol. The first kappa shape index (κ1) is 23.4. The van der Waals surface area contributed by atoms with Crippen molar-refractivity contribution in [2.75, 3.05) is 37.6 Å². The van der Waals surface area contributed by atoms with E-state index in [4.69, 9.17) is 11.6 Å². The van der Waals surface area contributed by atoms with Crippen molar-refractivity contribution in [3.05, 3.63) is 69.7 Å². The van der Waals surface area contributed by atoms with Gasteiger partial charge in [-0.1, -0.05) is 23.7 Å². The third-order valence-electron chi connectivity index (χ3n) is 7.03. The third-order valence-corrected chi connectivity index (χ3v) is 7.28. The maximum atomic E-state index is 13.3. The summed E-state index contributed by atoms with van der Waals surface area (Å²) in [4.78, 5) is 48.4. The fourth-order valence-electron chi connectivity index (χ4n) is 5.07. The number of piperazine rings is 1. The zero-order valence-electron chi connectivity index (χ0n) is 19.7. The van der Waals surface area contributed by atoms with E-state index >= 15 is 0 Å². The number of amides is 2. The Hall–Kier alpha value is -3.39. The lowest BCUT2D eigenvalue weighted by atomic mass is 10.0. The SMILES string of the molecule is CC(=O)N1CCN(c2ccc3ncn(CC(=O)N4CCCC4c4ccc(Cl)cc4)c(=O)c3c2)CC1. The summed E-state index contributed by atoms with van der Waals surface area (Å²) in [5.74, 6) is -0.0153. The number of anilines is 1. The lowest BCUT2D eigenvalue weighted by molar-refractivity contribution is -0.133. The van der Waals surface area contributed by atoms with E-state index in [1.807, 2.05) is 52.3 Å². The lowest BCUT2D eigenvalue weighted by Gasteiger charge is -2.35. The molecule has 5 rings (SSSR count). The second kappa shape index (κ2) is 9.70. The molecule has 2 aliphatic heterocycles. The van der Waals surface area contributed by atoms with E-state index in [1.165, 1.54) is 10.9 Å². The molecule has 2 fully saturated rings. The second-order valence-corrected chi connectivity index (χ2v) is 9.61. The molecule has 0 bridgehead atoms. The molecule has 35 heavy (non-hydrogen) atoms. The van der Waals surface area contributed by atoms with E-state index in [-0.39, 0.29) is 30.0 Å². The highest BCUT2D eigenvalue weighted by Crippen LogP contribution is 2.32. The van der Waals surface area contributed by atoms with Crippen molar-refractivity contribution in [2.24, 2.45) is 0 Å². The van der Waals surface area contributed by atoms with Gasteiger partial charge in [0.2, 0.25) is 11.8 Å². The van der Waals surface area contributed by atoms with Gasteiger partial charge in [0.15, 0.2) is 0 Å². The molecule has 0 spiro atoms. The standard InChI is InChI=1S/C26H28ClN5O3/c1-18(33)29-11-13-30(14-12-29)21-8-9-23-22(15-21)26(35)31(17-28-23)16-25(34)32-10-2-3-24(32)19-4-6-20(27)7-5-19/h4-9,15,17,24H,2-3,10-14,16H2,1H3.